The van der Waals surface area contributed by atoms with Crippen LogP contribution in [-0.2, 0) is 148 Å². The van der Waals surface area contributed by atoms with E-state index in [1.165, 1.54) is 80.0 Å². The number of unbranched alkanes of at least 4 members (excludes halogenated alkanes) is 2. The van der Waals surface area contributed by atoms with Crippen molar-refractivity contribution in [3.8, 4) is 22.5 Å². The van der Waals surface area contributed by atoms with Crippen molar-refractivity contribution in [3.05, 3.63) is 268 Å². The maximum absolute atomic E-state index is 13.5. The Morgan fingerprint density at radius 2 is 0.887 bits per heavy atom. The van der Waals surface area contributed by atoms with E-state index in [1.807, 2.05) is 135 Å². The summed E-state index contributed by atoms with van der Waals surface area (Å²) in [5.74, 6) is -4.52. The number of aromatic nitrogens is 4. The fourth-order valence-electron chi connectivity index (χ4n) is 18.1. The molecule has 0 bridgehead atoms. The molecule has 35 nitrogen and oxygen atoms in total. The molecule has 6 aliphatic heterocycles. The van der Waals surface area contributed by atoms with E-state index in [2.05, 4.69) is 73.4 Å². The van der Waals surface area contributed by atoms with Gasteiger partial charge in [-0.15, -0.1) is 71.2 Å². The third-order valence-corrected chi connectivity index (χ3v) is 28.2. The fourth-order valence-corrected chi connectivity index (χ4v) is 20.4. The Hall–Kier alpha value is -12.7. The molecule has 2 aliphatic carbocycles. The van der Waals surface area contributed by atoms with Crippen molar-refractivity contribution < 1.29 is 137 Å². The maximum atomic E-state index is 13.5. The summed E-state index contributed by atoms with van der Waals surface area (Å²) >= 11 is 3.17. The van der Waals surface area contributed by atoms with E-state index >= 15 is 0 Å². The molecule has 4 fully saturated rings. The van der Waals surface area contributed by atoms with Crippen LogP contribution in [0.5, 0.6) is 0 Å². The number of imide groups is 4. The number of nitrogens with one attached hydrogen (secondary N) is 8. The molecule has 734 valence electrons. The van der Waals surface area contributed by atoms with Crippen LogP contribution in [-0.4, -0.2) is 223 Å². The largest absolute Gasteiger partial charge is 0.381 e. The van der Waals surface area contributed by atoms with Gasteiger partial charge in [-0.2, -0.15) is 0 Å². The Balaban J connectivity index is 0.000000173. The predicted molar refractivity (Wildman–Crippen MR) is 526 cm³/mol. The monoisotopic (exact) mass is 2110 g/mol. The van der Waals surface area contributed by atoms with Crippen LogP contribution in [0.1, 0.15) is 187 Å². The van der Waals surface area contributed by atoms with E-state index in [9.17, 15) is 76.7 Å². The average Bonchev–Trinajstić information content (AvgIpc) is 1.61. The van der Waals surface area contributed by atoms with Crippen LogP contribution in [0.2, 0.25) is 0 Å². The molecule has 142 heavy (non-hydrogen) atoms. The van der Waals surface area contributed by atoms with Crippen LogP contribution in [0.25, 0.3) is 22.5 Å². The van der Waals surface area contributed by atoms with Crippen LogP contribution >= 0.6 is 22.7 Å². The minimum Gasteiger partial charge on any atom is -0.381 e. The van der Waals surface area contributed by atoms with E-state index in [1.54, 1.807) is 66.2 Å². The van der Waals surface area contributed by atoms with E-state index in [4.69, 9.17) is 14.7 Å². The number of hydrogen-bond acceptors (Lipinski definition) is 25. The van der Waals surface area contributed by atoms with Gasteiger partial charge < -0.3 is 98.4 Å². The number of piperidine rings is 2. The molecule has 6 aromatic carbocycles. The van der Waals surface area contributed by atoms with Crippen molar-refractivity contribution in [3.63, 3.8) is 0 Å². The topological polar surface area (TPSA) is 434 Å². The quantitative estimate of drug-likeness (QED) is 0.0142. The van der Waals surface area contributed by atoms with Gasteiger partial charge in [-0.25, -0.2) is 9.97 Å². The Labute approximate surface area is 879 Å². The zero-order valence-corrected chi connectivity index (χ0v) is 87.0. The number of anilines is 6. The second-order valence-corrected chi connectivity index (χ2v) is 37.5. The molecule has 4 aromatic heterocycles. The van der Waals surface area contributed by atoms with Gasteiger partial charge in [-0.1, -0.05) is 59.7 Å². The number of fused-ring (bicyclic) bond motifs is 4. The van der Waals surface area contributed by atoms with Crippen molar-refractivity contribution >= 4 is 140 Å². The molecular weight excluding hydrogens is 2000 g/mol. The molecule has 39 heteroatoms. The number of thiophene rings is 2. The van der Waals surface area contributed by atoms with Gasteiger partial charge in [-0.05, 0) is 204 Å². The molecule has 8 N–H and O–H groups in total. The number of piperazine rings is 2. The van der Waals surface area contributed by atoms with Crippen LogP contribution in [0.3, 0.4) is 0 Å². The zero-order chi connectivity index (χ0) is 99.3. The summed E-state index contributed by atoms with van der Waals surface area (Å²) in [5, 5.41) is 22.1. The predicted octanol–water partition coefficient (Wildman–Crippen LogP) is 9.87. The molecule has 4 saturated heterocycles. The molecule has 0 spiro atoms. The summed E-state index contributed by atoms with van der Waals surface area (Å²) < 4.78 is 8.57. The second-order valence-electron chi connectivity index (χ2n) is 35.3. The SMILES string of the molecule is O=C1CCC(N2C(=O)c3[c-]cccc3C2=O)C(=O)N1.O=C1CCC(N2C(=O)c3[c-]cccc3C2=O)C(=O)N1.[CH2-]C(=O)NCCCCCN1CCN(C)[C@H](c2ccc(Nc3nc(-c4cccc(NC(=O)c5cc6c(s5)CCCC6)c4C)cn(C)c3=O)cc2)C1=O.[CH2-]C(=O)NCCOCCN1CCN(C)[C@H](c2ccc(Nc3nc(-c4cccc(NC(=O)c5cc6c(s5)CCCC6)c4C)cn(C)c3=O)cc2)C1=O.[Y].[Y]. The van der Waals surface area contributed by atoms with Gasteiger partial charge in [0.05, 0.1) is 46.2 Å². The summed E-state index contributed by atoms with van der Waals surface area (Å²) in [6.07, 6.45) is 15.4. The van der Waals surface area contributed by atoms with Gasteiger partial charge >= 0.3 is 0 Å². The van der Waals surface area contributed by atoms with Gasteiger partial charge in [0.2, 0.25) is 47.3 Å². The third-order valence-electron chi connectivity index (χ3n) is 25.7. The number of ether oxygens (including phenoxy) is 1. The van der Waals surface area contributed by atoms with Crippen LogP contribution in [0.4, 0.5) is 34.4 Å². The summed E-state index contributed by atoms with van der Waals surface area (Å²) in [4.78, 5) is 219. The third kappa shape index (κ3) is 24.9. The van der Waals surface area contributed by atoms with Crippen molar-refractivity contribution in [2.24, 2.45) is 14.1 Å². The molecule has 2 radical (unpaired) electrons. The summed E-state index contributed by atoms with van der Waals surface area (Å²) in [7, 11) is 7.27. The molecule has 0 saturated carbocycles. The molecule has 2 unspecified atom stereocenters. The Morgan fingerprint density at radius 1 is 0.472 bits per heavy atom. The maximum Gasteiger partial charge on any atom is 0.293 e. The number of rotatable bonds is 26. The Bertz CT molecular complexity index is 6150. The number of carbonyl (C=O) groups excluding carboxylic acids is 14. The summed E-state index contributed by atoms with van der Waals surface area (Å²) in [6, 6.07) is 42.6. The molecule has 4 atom stereocenters. The van der Waals surface area contributed by atoms with E-state index in [0.29, 0.717) is 93.2 Å². The summed E-state index contributed by atoms with van der Waals surface area (Å²) in [5.41, 5.74) is 11.8. The molecule has 8 aliphatic rings. The number of likely N-dealkylation sites (N-methyl/N-ethyl adjacent to an activating group) is 2. The first kappa shape index (κ1) is 107. The van der Waals surface area contributed by atoms with Gasteiger partial charge in [0.1, 0.15) is 24.2 Å². The van der Waals surface area contributed by atoms with Crippen LogP contribution in [0, 0.1) is 39.8 Å². The Morgan fingerprint density at radius 3 is 1.30 bits per heavy atom. The smallest absolute Gasteiger partial charge is 0.293 e. The van der Waals surface area contributed by atoms with E-state index < -0.39 is 59.6 Å². The first-order valence-corrected chi connectivity index (χ1v) is 48.1. The summed E-state index contributed by atoms with van der Waals surface area (Å²) in [6.45, 7) is 16.0. The van der Waals surface area contributed by atoms with Crippen molar-refractivity contribution in [2.45, 2.75) is 134 Å². The standard InChI is InChI=1S/C39H46N7O4S.C38H44N7O5S.2C13H9N2O4.2Y/c1-25-30(12-10-13-31(25)43-37(48)34-23-28-11-6-7-14-33(28)51-34)32-24-45(4)39(50)36(42-32)41-29-17-15-27(16-18-29)35-38(49)46(22-21-44(35)3)20-9-5-8-19-40-26(2)47;1-24-29(9-7-10-30(24)42-36(47)33-22-27-8-5-6-11-32(27)51-33)31-23-44(4)38(49)35(41-31)40-28-14-12-26(13-15-28)34-37(48)45(18-17-43(34)3)19-21-50-20-16-39-25(2)46;2*16-10-6-5-9(11(17)14-10)15-12(18)7-3-1-2-4-8(7)13(15)19;;/h10,12-13,15-18,23-24,35H,2,5-9,11,14,19-22H2,1,3-4H3,(H,40,47)(H,41,42)(H,43,48);7,9-10,12-15,22-23,34H,2,5-6,8,11,16-21H2,1,3-4H3,(H,39,46)(H,40,41)(H,42,47);2*1-3,9H,5-6H2,(H,14,16,17);;/q4*-1;;/t35-;34-;;;;/m11..../s1. The first-order valence-electron chi connectivity index (χ1n) is 46.5. The van der Waals surface area contributed by atoms with Gasteiger partial charge in [0.15, 0.2) is 23.5 Å². The molecule has 18 rings (SSSR count). The molecular formula is C103H108N18O17S2Y2-4. The Kier molecular flexibility index (Phi) is 36.3. The normalized spacial score (nSPS) is 17.6. The van der Waals surface area contributed by atoms with Gasteiger partial charge in [-0.3, -0.25) is 78.0 Å². The zero-order valence-electron chi connectivity index (χ0n) is 79.6. The fraction of sp³-hybridized carbons (Fsp3) is 0.340. The van der Waals surface area contributed by atoms with Crippen molar-refractivity contribution in [1.82, 2.24) is 69.8 Å². The van der Waals surface area contributed by atoms with Gasteiger partial charge in [0, 0.05) is 201 Å². The van der Waals surface area contributed by atoms with Gasteiger partial charge in [0.25, 0.3) is 22.9 Å². The average molecular weight is 2110 g/mol. The van der Waals surface area contributed by atoms with E-state index in [0.717, 1.165) is 104 Å². The molecule has 14 amide bonds. The van der Waals surface area contributed by atoms with Crippen molar-refractivity contribution in [1.29, 1.82) is 0 Å². The molecule has 10 aromatic rings. The minimum atomic E-state index is -0.918. The first-order chi connectivity index (χ1) is 67.4. The molecule has 10 heterocycles. The second kappa shape index (κ2) is 48.4. The number of nitrogens with zero attached hydrogens (tertiary/aromatic N) is 10. The number of hydrogen-bond donors (Lipinski definition) is 8. The van der Waals surface area contributed by atoms with E-state index in [-0.39, 0.29) is 183 Å². The van der Waals surface area contributed by atoms with Crippen LogP contribution < -0.4 is 53.7 Å². The number of amides is 14. The minimum absolute atomic E-state index is 0. The number of benzene rings is 6. The number of aryl methyl sites for hydroxylation is 6. The van der Waals surface area contributed by atoms with Crippen molar-refractivity contribution in [2.75, 3.05) is 101 Å². The van der Waals surface area contributed by atoms with Crippen LogP contribution in [0.15, 0.2) is 155 Å². The number of carbonyl (C=O) groups is 14.